The van der Waals surface area contributed by atoms with E-state index in [4.69, 9.17) is 0 Å². The average molecular weight is 372 g/mol. The van der Waals surface area contributed by atoms with Crippen LogP contribution in [0.25, 0.3) is 0 Å². The highest BCUT2D eigenvalue weighted by Crippen LogP contribution is 2.31. The van der Waals surface area contributed by atoms with Gasteiger partial charge in [-0.15, -0.1) is 0 Å². The van der Waals surface area contributed by atoms with Gasteiger partial charge >= 0.3 is 11.7 Å². The van der Waals surface area contributed by atoms with Crippen LogP contribution >= 0.6 is 22.6 Å². The van der Waals surface area contributed by atoms with Gasteiger partial charge in [-0.1, -0.05) is 0 Å². The normalized spacial score (nSPS) is 10.5. The van der Waals surface area contributed by atoms with Gasteiger partial charge in [-0.05, 0) is 35.6 Å². The summed E-state index contributed by atoms with van der Waals surface area (Å²) in [5, 5.41) is 10.8. The van der Waals surface area contributed by atoms with Crippen LogP contribution in [0, 0.1) is 13.8 Å². The average Bonchev–Trinajstić information content (AvgIpc) is 2.27. The SMILES string of the molecule is CCOC(=O)c1cc(I)nc(C(F)F)c1[N+](=O)[O-]. The van der Waals surface area contributed by atoms with E-state index in [2.05, 4.69) is 9.72 Å². The molecule has 0 saturated carbocycles. The molecule has 1 aromatic heterocycles. The Hall–Kier alpha value is -1.39. The number of halogens is 3. The zero-order chi connectivity index (χ0) is 13.9. The molecular weight excluding hydrogens is 365 g/mol. The summed E-state index contributed by atoms with van der Waals surface area (Å²) in [4.78, 5) is 24.6. The summed E-state index contributed by atoms with van der Waals surface area (Å²) in [6, 6.07) is 1.04. The molecule has 0 saturated heterocycles. The summed E-state index contributed by atoms with van der Waals surface area (Å²) in [5.41, 5.74) is -2.56. The molecule has 0 aliphatic heterocycles. The van der Waals surface area contributed by atoms with Gasteiger partial charge < -0.3 is 4.74 Å². The van der Waals surface area contributed by atoms with E-state index in [1.807, 2.05) is 0 Å². The molecule has 1 aromatic rings. The summed E-state index contributed by atoms with van der Waals surface area (Å²) in [6.45, 7) is 1.49. The van der Waals surface area contributed by atoms with E-state index >= 15 is 0 Å². The molecule has 6 nitrogen and oxygen atoms in total. The summed E-state index contributed by atoms with van der Waals surface area (Å²) >= 11 is 1.59. The number of rotatable bonds is 4. The Bertz CT molecular complexity index is 496. The molecule has 0 aliphatic rings. The summed E-state index contributed by atoms with van der Waals surface area (Å²) in [5.74, 6) is -1.02. The van der Waals surface area contributed by atoms with Crippen LogP contribution in [-0.4, -0.2) is 22.5 Å². The summed E-state index contributed by atoms with van der Waals surface area (Å²) in [7, 11) is 0. The maximum atomic E-state index is 12.7. The van der Waals surface area contributed by atoms with Crippen molar-refractivity contribution in [3.05, 3.63) is 31.1 Å². The molecule has 0 atom stereocenters. The lowest BCUT2D eigenvalue weighted by atomic mass is 10.2. The third-order valence-electron chi connectivity index (χ3n) is 1.87. The van der Waals surface area contributed by atoms with E-state index in [-0.39, 0.29) is 10.3 Å². The van der Waals surface area contributed by atoms with Crippen molar-refractivity contribution in [1.82, 2.24) is 4.98 Å². The molecule has 0 unspecified atom stereocenters. The Kier molecular flexibility index (Phi) is 4.87. The van der Waals surface area contributed by atoms with Crippen molar-refractivity contribution < 1.29 is 23.2 Å². The highest BCUT2D eigenvalue weighted by Gasteiger charge is 2.32. The maximum Gasteiger partial charge on any atom is 0.345 e. The quantitative estimate of drug-likeness (QED) is 0.267. The molecule has 1 rings (SSSR count). The van der Waals surface area contributed by atoms with Crippen LogP contribution in [0.2, 0.25) is 0 Å². The molecule has 0 fully saturated rings. The smallest absolute Gasteiger partial charge is 0.345 e. The van der Waals surface area contributed by atoms with Crippen LogP contribution in [0.1, 0.15) is 29.4 Å². The molecular formula is C9H7F2IN2O4. The van der Waals surface area contributed by atoms with Crippen LogP contribution in [0.3, 0.4) is 0 Å². The van der Waals surface area contributed by atoms with Gasteiger partial charge in [0.15, 0.2) is 5.69 Å². The number of esters is 1. The van der Waals surface area contributed by atoms with Gasteiger partial charge in [-0.25, -0.2) is 18.6 Å². The van der Waals surface area contributed by atoms with Crippen molar-refractivity contribution in [2.45, 2.75) is 13.3 Å². The predicted molar refractivity (Wildman–Crippen MR) is 64.5 cm³/mol. The van der Waals surface area contributed by atoms with Crippen molar-refractivity contribution in [2.75, 3.05) is 6.61 Å². The molecule has 0 amide bonds. The molecule has 9 heteroatoms. The number of ether oxygens (including phenoxy) is 1. The van der Waals surface area contributed by atoms with Gasteiger partial charge in [-0.2, -0.15) is 0 Å². The Morgan fingerprint density at radius 2 is 2.28 bits per heavy atom. The molecule has 1 heterocycles. The fraction of sp³-hybridized carbons (Fsp3) is 0.333. The highest BCUT2D eigenvalue weighted by molar-refractivity contribution is 14.1. The van der Waals surface area contributed by atoms with Crippen molar-refractivity contribution in [3.63, 3.8) is 0 Å². The standard InChI is InChI=1S/C9H7F2IN2O4/c1-2-18-9(15)4-3-5(12)13-6(8(10)11)7(4)14(16)17/h3,8H,2H2,1H3. The number of aromatic nitrogens is 1. The predicted octanol–water partition coefficient (Wildman–Crippen LogP) is 2.71. The van der Waals surface area contributed by atoms with Crippen molar-refractivity contribution in [2.24, 2.45) is 0 Å². The Morgan fingerprint density at radius 3 is 2.72 bits per heavy atom. The second-order valence-electron chi connectivity index (χ2n) is 3.00. The molecule has 0 spiro atoms. The third kappa shape index (κ3) is 3.09. The number of nitrogens with zero attached hydrogens (tertiary/aromatic N) is 2. The fourth-order valence-corrected chi connectivity index (χ4v) is 1.81. The number of carbonyl (C=O) groups excluding carboxylic acids is 1. The van der Waals surface area contributed by atoms with Gasteiger partial charge in [-0.3, -0.25) is 10.1 Å². The van der Waals surface area contributed by atoms with Gasteiger partial charge in [0, 0.05) is 0 Å². The van der Waals surface area contributed by atoms with E-state index < -0.39 is 34.3 Å². The van der Waals surface area contributed by atoms with Crippen LogP contribution in [0.5, 0.6) is 0 Å². The number of nitro groups is 1. The van der Waals surface area contributed by atoms with Gasteiger partial charge in [0.25, 0.3) is 6.43 Å². The highest BCUT2D eigenvalue weighted by atomic mass is 127. The van der Waals surface area contributed by atoms with E-state index in [0.29, 0.717) is 0 Å². The number of pyridine rings is 1. The Labute approximate surface area is 114 Å². The first-order valence-corrected chi connectivity index (χ1v) is 5.76. The second kappa shape index (κ2) is 5.98. The van der Waals surface area contributed by atoms with E-state index in [1.54, 1.807) is 22.6 Å². The zero-order valence-electron chi connectivity index (χ0n) is 9.02. The minimum atomic E-state index is -3.15. The first-order chi connectivity index (χ1) is 8.38. The summed E-state index contributed by atoms with van der Waals surface area (Å²) in [6.07, 6.45) is -3.15. The molecule has 0 bridgehead atoms. The van der Waals surface area contributed by atoms with Crippen LogP contribution in [-0.2, 0) is 4.74 Å². The molecule has 18 heavy (non-hydrogen) atoms. The van der Waals surface area contributed by atoms with E-state index in [9.17, 15) is 23.7 Å². The van der Waals surface area contributed by atoms with Crippen molar-refractivity contribution in [1.29, 1.82) is 0 Å². The number of hydrogen-bond acceptors (Lipinski definition) is 5. The zero-order valence-corrected chi connectivity index (χ0v) is 11.2. The molecule has 98 valence electrons. The minimum Gasteiger partial charge on any atom is -0.462 e. The largest absolute Gasteiger partial charge is 0.462 e. The van der Waals surface area contributed by atoms with E-state index in [1.165, 1.54) is 6.92 Å². The fourth-order valence-electron chi connectivity index (χ4n) is 1.23. The van der Waals surface area contributed by atoms with Gasteiger partial charge in [0.2, 0.25) is 0 Å². The molecule has 0 radical (unpaired) electrons. The van der Waals surface area contributed by atoms with Crippen molar-refractivity contribution in [3.8, 4) is 0 Å². The minimum absolute atomic E-state index is 0.0150. The molecule has 0 aromatic carbocycles. The van der Waals surface area contributed by atoms with Crippen LogP contribution < -0.4 is 0 Å². The lowest BCUT2D eigenvalue weighted by Crippen LogP contribution is -2.12. The maximum absolute atomic E-state index is 12.7. The molecule has 0 aliphatic carbocycles. The van der Waals surface area contributed by atoms with Crippen LogP contribution in [0.4, 0.5) is 14.5 Å². The third-order valence-corrected chi connectivity index (χ3v) is 2.43. The molecule has 0 N–H and O–H groups in total. The van der Waals surface area contributed by atoms with Gasteiger partial charge in [0.1, 0.15) is 9.26 Å². The van der Waals surface area contributed by atoms with E-state index in [0.717, 1.165) is 6.07 Å². The first-order valence-electron chi connectivity index (χ1n) is 4.68. The monoisotopic (exact) mass is 372 g/mol. The lowest BCUT2D eigenvalue weighted by Gasteiger charge is -2.07. The number of alkyl halides is 2. The first kappa shape index (κ1) is 14.7. The Morgan fingerprint density at radius 1 is 1.67 bits per heavy atom. The summed E-state index contributed by atoms with van der Waals surface area (Å²) < 4.78 is 30.0. The number of hydrogen-bond donors (Lipinski definition) is 0. The topological polar surface area (TPSA) is 82.3 Å². The Balaban J connectivity index is 3.48. The van der Waals surface area contributed by atoms with Crippen molar-refractivity contribution >= 4 is 34.2 Å². The lowest BCUT2D eigenvalue weighted by molar-refractivity contribution is -0.387. The van der Waals surface area contributed by atoms with Gasteiger partial charge in [0.05, 0.1) is 11.5 Å². The second-order valence-corrected chi connectivity index (χ2v) is 4.11. The van der Waals surface area contributed by atoms with Crippen LogP contribution in [0.15, 0.2) is 6.07 Å². The number of carbonyl (C=O) groups is 1.